The lowest BCUT2D eigenvalue weighted by molar-refractivity contribution is -0.119. The summed E-state index contributed by atoms with van der Waals surface area (Å²) in [5.41, 5.74) is 5.48. The van der Waals surface area contributed by atoms with Crippen LogP contribution in [0.3, 0.4) is 0 Å². The van der Waals surface area contributed by atoms with Gasteiger partial charge in [-0.3, -0.25) is 9.52 Å². The molecule has 0 saturated carbocycles. The molecule has 0 aromatic rings. The Morgan fingerprint density at radius 1 is 1.46 bits per heavy atom. The molecule has 1 atom stereocenters. The van der Waals surface area contributed by atoms with E-state index in [9.17, 15) is 13.2 Å². The van der Waals surface area contributed by atoms with Crippen LogP contribution in [0.4, 0.5) is 0 Å². The first-order valence-corrected chi connectivity index (χ1v) is 5.85. The Morgan fingerprint density at radius 2 is 2.00 bits per heavy atom. The van der Waals surface area contributed by atoms with Crippen molar-refractivity contribution in [3.63, 3.8) is 0 Å². The van der Waals surface area contributed by atoms with Crippen molar-refractivity contribution < 1.29 is 13.2 Å². The highest BCUT2D eigenvalue weighted by atomic mass is 32.2. The summed E-state index contributed by atoms with van der Waals surface area (Å²) >= 11 is 0. The normalized spacial score (nSPS) is 13.8. The van der Waals surface area contributed by atoms with Crippen LogP contribution in [0.5, 0.6) is 0 Å². The fourth-order valence-electron chi connectivity index (χ4n) is 0.670. The monoisotopic (exact) mass is 208 g/mol. The molecule has 78 valence electrons. The van der Waals surface area contributed by atoms with Gasteiger partial charge in [-0.15, -0.1) is 0 Å². The first kappa shape index (κ1) is 12.4. The zero-order chi connectivity index (χ0) is 10.5. The maximum atomic E-state index is 11.0. The lowest BCUT2D eigenvalue weighted by Gasteiger charge is -2.08. The molecular formula is C7H16N2O3S. The minimum absolute atomic E-state index is 0.0513. The summed E-state index contributed by atoms with van der Waals surface area (Å²) in [6.45, 7) is 3.31. The summed E-state index contributed by atoms with van der Waals surface area (Å²) in [6.07, 6.45) is 0.704. The zero-order valence-corrected chi connectivity index (χ0v) is 8.73. The van der Waals surface area contributed by atoms with Gasteiger partial charge in [-0.2, -0.15) is 0 Å². The van der Waals surface area contributed by atoms with Crippen molar-refractivity contribution in [2.45, 2.75) is 32.7 Å². The molecule has 1 unspecified atom stereocenters. The minimum atomic E-state index is -3.43. The van der Waals surface area contributed by atoms with Gasteiger partial charge in [-0.25, -0.2) is 8.42 Å². The fraction of sp³-hybridized carbons (Fsp3) is 0.857. The Bertz CT molecular complexity index is 261. The number of sulfonamides is 1. The zero-order valence-electron chi connectivity index (χ0n) is 7.91. The lowest BCUT2D eigenvalue weighted by atomic mass is 10.2. The third-order valence-corrected chi connectivity index (χ3v) is 2.92. The van der Waals surface area contributed by atoms with Crippen LogP contribution in [0.1, 0.15) is 26.7 Å². The van der Waals surface area contributed by atoms with E-state index in [4.69, 9.17) is 5.73 Å². The summed E-state index contributed by atoms with van der Waals surface area (Å²) in [7, 11) is -3.43. The van der Waals surface area contributed by atoms with Gasteiger partial charge in [0, 0.05) is 12.5 Å². The van der Waals surface area contributed by atoms with Crippen molar-refractivity contribution in [1.29, 1.82) is 0 Å². The Hall–Kier alpha value is -0.620. The van der Waals surface area contributed by atoms with Crippen LogP contribution in [0.2, 0.25) is 0 Å². The van der Waals surface area contributed by atoms with Crippen molar-refractivity contribution in [2.24, 2.45) is 5.73 Å². The number of rotatable bonds is 5. The van der Waals surface area contributed by atoms with Crippen LogP contribution in [-0.4, -0.2) is 26.1 Å². The Balaban J connectivity index is 4.03. The molecule has 0 aromatic heterocycles. The highest BCUT2D eigenvalue weighted by Gasteiger charge is 2.13. The average Bonchev–Trinajstić information content (AvgIpc) is 2.03. The molecule has 0 bridgehead atoms. The molecule has 0 aliphatic heterocycles. The van der Waals surface area contributed by atoms with Gasteiger partial charge in [0.2, 0.25) is 15.9 Å². The van der Waals surface area contributed by atoms with Gasteiger partial charge < -0.3 is 5.73 Å². The molecule has 0 radical (unpaired) electrons. The van der Waals surface area contributed by atoms with E-state index in [0.29, 0.717) is 6.42 Å². The molecule has 0 aromatic carbocycles. The van der Waals surface area contributed by atoms with Crippen molar-refractivity contribution >= 4 is 15.9 Å². The third-order valence-electron chi connectivity index (χ3n) is 1.62. The first-order chi connectivity index (χ1) is 5.91. The van der Waals surface area contributed by atoms with E-state index in [-0.39, 0.29) is 18.2 Å². The number of hydrogen-bond acceptors (Lipinski definition) is 4. The van der Waals surface area contributed by atoms with Crippen molar-refractivity contribution in [1.82, 2.24) is 4.72 Å². The molecule has 13 heavy (non-hydrogen) atoms. The minimum Gasteiger partial charge on any atom is -0.327 e. The molecule has 0 rings (SSSR count). The highest BCUT2D eigenvalue weighted by Crippen LogP contribution is 1.94. The Kier molecular flexibility index (Phi) is 4.94. The molecule has 1 amide bonds. The summed E-state index contributed by atoms with van der Waals surface area (Å²) in [6, 6.07) is -0.271. The number of hydrogen-bond donors (Lipinski definition) is 2. The molecule has 0 fully saturated rings. The van der Waals surface area contributed by atoms with Crippen molar-refractivity contribution in [2.75, 3.05) is 5.75 Å². The number of amides is 1. The second-order valence-electron chi connectivity index (χ2n) is 2.80. The lowest BCUT2D eigenvalue weighted by Crippen LogP contribution is -2.35. The van der Waals surface area contributed by atoms with E-state index in [1.54, 1.807) is 0 Å². The number of nitrogens with two attached hydrogens (primary N) is 1. The van der Waals surface area contributed by atoms with Crippen LogP contribution in [0.15, 0.2) is 0 Å². The predicted octanol–water partition coefficient (Wildman–Crippen LogP) is -0.420. The van der Waals surface area contributed by atoms with E-state index < -0.39 is 15.9 Å². The molecule has 0 aliphatic carbocycles. The maximum absolute atomic E-state index is 11.0. The summed E-state index contributed by atoms with van der Waals surface area (Å²) in [4.78, 5) is 11.0. The summed E-state index contributed by atoms with van der Waals surface area (Å²) < 4.78 is 23.7. The largest absolute Gasteiger partial charge is 0.327 e. The molecule has 6 heteroatoms. The van der Waals surface area contributed by atoms with Gasteiger partial charge in [0.15, 0.2) is 0 Å². The molecule has 0 spiro atoms. The maximum Gasteiger partial charge on any atom is 0.234 e. The number of carbonyl (C=O) groups is 1. The van der Waals surface area contributed by atoms with E-state index in [1.165, 1.54) is 6.92 Å². The second-order valence-corrected chi connectivity index (χ2v) is 4.81. The molecular weight excluding hydrogens is 192 g/mol. The quantitative estimate of drug-likeness (QED) is 0.642. The molecule has 0 heterocycles. The van der Waals surface area contributed by atoms with Gasteiger partial charge in [0.25, 0.3) is 0 Å². The predicted molar refractivity (Wildman–Crippen MR) is 50.5 cm³/mol. The topological polar surface area (TPSA) is 89.3 Å². The van der Waals surface area contributed by atoms with Crippen molar-refractivity contribution in [3.8, 4) is 0 Å². The average molecular weight is 208 g/mol. The van der Waals surface area contributed by atoms with Gasteiger partial charge in [0.05, 0.1) is 5.75 Å². The number of nitrogens with one attached hydrogen (secondary N) is 1. The van der Waals surface area contributed by atoms with Crippen molar-refractivity contribution in [3.05, 3.63) is 0 Å². The fourth-order valence-corrected chi connectivity index (χ4v) is 1.24. The Labute approximate surface area is 78.7 Å². The van der Waals surface area contributed by atoms with E-state index in [2.05, 4.69) is 0 Å². The van der Waals surface area contributed by atoms with Crippen LogP contribution in [0, 0.1) is 0 Å². The third kappa shape index (κ3) is 5.59. The van der Waals surface area contributed by atoms with E-state index in [1.807, 2.05) is 11.6 Å². The molecule has 0 aliphatic rings. The number of carbonyl (C=O) groups excluding carboxylic acids is 1. The van der Waals surface area contributed by atoms with Gasteiger partial charge in [0.1, 0.15) is 0 Å². The first-order valence-electron chi connectivity index (χ1n) is 4.20. The summed E-state index contributed by atoms with van der Waals surface area (Å²) in [5.74, 6) is -0.628. The van der Waals surface area contributed by atoms with Crippen LogP contribution in [0.25, 0.3) is 0 Å². The second kappa shape index (κ2) is 5.18. The van der Waals surface area contributed by atoms with E-state index >= 15 is 0 Å². The Morgan fingerprint density at radius 3 is 2.38 bits per heavy atom. The summed E-state index contributed by atoms with van der Waals surface area (Å²) in [5, 5.41) is 0. The molecule has 0 saturated heterocycles. The van der Waals surface area contributed by atoms with Crippen LogP contribution in [-0.2, 0) is 14.8 Å². The molecule has 5 nitrogen and oxygen atoms in total. The molecule has 3 N–H and O–H groups in total. The van der Waals surface area contributed by atoms with Crippen LogP contribution < -0.4 is 10.5 Å². The van der Waals surface area contributed by atoms with Gasteiger partial charge in [-0.1, -0.05) is 6.92 Å². The standard InChI is InChI=1S/C7H16N2O3S/c1-3-6(8)5-7(10)9-13(11,12)4-2/h6H,3-5,8H2,1-2H3,(H,9,10). The van der Waals surface area contributed by atoms with E-state index in [0.717, 1.165) is 0 Å². The smallest absolute Gasteiger partial charge is 0.234 e. The van der Waals surface area contributed by atoms with Gasteiger partial charge >= 0.3 is 0 Å². The van der Waals surface area contributed by atoms with Crippen LogP contribution >= 0.6 is 0 Å². The van der Waals surface area contributed by atoms with Gasteiger partial charge in [-0.05, 0) is 13.3 Å². The SMILES string of the molecule is CCC(N)CC(=O)NS(=O)(=O)CC. The highest BCUT2D eigenvalue weighted by molar-refractivity contribution is 7.90.